The molecule has 0 nitrogen and oxygen atoms in total. The van der Waals surface area contributed by atoms with Crippen LogP contribution in [0.25, 0.3) is 0 Å². The molecule has 0 aliphatic heterocycles. The van der Waals surface area contributed by atoms with Crippen LogP contribution in [0, 0.1) is 56.2 Å². The lowest BCUT2D eigenvalue weighted by atomic mass is 9.33. The van der Waals surface area contributed by atoms with Gasteiger partial charge in [-0.3, -0.25) is 0 Å². The first-order valence-corrected chi connectivity index (χ1v) is 15.3. The molecule has 0 aromatic carbocycles. The van der Waals surface area contributed by atoms with E-state index in [-0.39, 0.29) is 0 Å². The maximum atomic E-state index is 2.80. The second-order valence-corrected chi connectivity index (χ2v) is 15.3. The van der Waals surface area contributed by atoms with Crippen molar-refractivity contribution >= 4 is 0 Å². The monoisotopic (exact) mass is 458 g/mol. The van der Waals surface area contributed by atoms with Gasteiger partial charge in [-0.1, -0.05) is 89.5 Å². The van der Waals surface area contributed by atoms with E-state index in [0.717, 1.165) is 23.7 Å². The molecule has 0 heterocycles. The lowest BCUT2D eigenvalue weighted by molar-refractivity contribution is -0.232. The highest BCUT2D eigenvalue weighted by Crippen LogP contribution is 2.77. The first-order valence-electron chi connectivity index (χ1n) is 15.3. The summed E-state index contributed by atoms with van der Waals surface area (Å²) in [5.41, 5.74) is 3.51. The average Bonchev–Trinajstić information content (AvgIpc) is 3.00. The highest BCUT2D eigenvalue weighted by atomic mass is 14.7. The fourth-order valence-corrected chi connectivity index (χ4v) is 11.8. The molecular weight excluding hydrogens is 396 g/mol. The summed E-state index contributed by atoms with van der Waals surface area (Å²) in [6.45, 7) is 29.4. The van der Waals surface area contributed by atoms with Gasteiger partial charge in [0.15, 0.2) is 0 Å². The molecule has 194 valence electrons. The van der Waals surface area contributed by atoms with Gasteiger partial charge in [0, 0.05) is 0 Å². The minimum Gasteiger partial charge on any atom is -0.0683 e. The van der Waals surface area contributed by atoms with Gasteiger partial charge in [-0.05, 0) is 120 Å². The summed E-state index contributed by atoms with van der Waals surface area (Å²) in [4.78, 5) is 0. The van der Waals surface area contributed by atoms with Crippen molar-refractivity contribution in [3.63, 3.8) is 0 Å². The van der Waals surface area contributed by atoms with Crippen molar-refractivity contribution in [1.82, 2.24) is 0 Å². The molecule has 0 spiro atoms. The minimum absolute atomic E-state index is 0.562. The number of rotatable bonds is 0. The van der Waals surface area contributed by atoms with Gasteiger partial charge in [0.25, 0.3) is 0 Å². The average molecular weight is 459 g/mol. The van der Waals surface area contributed by atoms with Crippen molar-refractivity contribution in [2.45, 2.75) is 154 Å². The van der Waals surface area contributed by atoms with Crippen LogP contribution in [0.3, 0.4) is 0 Å². The van der Waals surface area contributed by atoms with Gasteiger partial charge >= 0.3 is 0 Å². The predicted octanol–water partition coefficient (Wildman–Crippen LogP) is 10.9. The van der Waals surface area contributed by atoms with E-state index < -0.39 is 0 Å². The summed E-state index contributed by atoms with van der Waals surface area (Å²) in [6, 6.07) is 0. The van der Waals surface area contributed by atoms with Crippen molar-refractivity contribution in [2.75, 3.05) is 0 Å². The fraction of sp³-hybridized carbons (Fsp3) is 1.00. The van der Waals surface area contributed by atoms with Crippen molar-refractivity contribution in [1.29, 1.82) is 0 Å². The molecule has 5 aliphatic carbocycles. The van der Waals surface area contributed by atoms with E-state index in [1.807, 2.05) is 27.7 Å². The van der Waals surface area contributed by atoms with Crippen LogP contribution in [0.5, 0.6) is 0 Å². The van der Waals surface area contributed by atoms with E-state index in [1.165, 1.54) is 70.6 Å². The van der Waals surface area contributed by atoms with E-state index in [2.05, 4.69) is 55.4 Å². The molecule has 0 N–H and O–H groups in total. The minimum atomic E-state index is 0.562. The third-order valence-corrected chi connectivity index (χ3v) is 12.9. The van der Waals surface area contributed by atoms with Gasteiger partial charge in [0.1, 0.15) is 0 Å². The Balaban J connectivity index is 0.000000728. The van der Waals surface area contributed by atoms with Gasteiger partial charge in [0.2, 0.25) is 0 Å². The second kappa shape index (κ2) is 8.83. The van der Waals surface area contributed by atoms with E-state index >= 15 is 0 Å². The zero-order chi connectivity index (χ0) is 25.1. The molecular formula is C33H62. The highest BCUT2D eigenvalue weighted by molar-refractivity contribution is 5.18. The quantitative estimate of drug-likeness (QED) is 0.338. The topological polar surface area (TPSA) is 0 Å². The summed E-state index contributed by atoms with van der Waals surface area (Å²) >= 11 is 0. The molecule has 0 amide bonds. The summed E-state index contributed by atoms with van der Waals surface area (Å²) in [7, 11) is 0. The molecule has 5 rings (SSSR count). The SMILES string of the molecule is CC.CC.CC1(C)CC2C3CCC4C5(C)CCCC(C)(C)C5CCC4(C)C3(C)CCC2(C)C1. The zero-order valence-corrected chi connectivity index (χ0v) is 25.1. The summed E-state index contributed by atoms with van der Waals surface area (Å²) in [5, 5.41) is 0. The molecule has 0 heteroatoms. The molecule has 0 aromatic heterocycles. The summed E-state index contributed by atoms with van der Waals surface area (Å²) in [6.07, 6.45) is 16.5. The predicted molar refractivity (Wildman–Crippen MR) is 147 cm³/mol. The van der Waals surface area contributed by atoms with Crippen molar-refractivity contribution in [3.8, 4) is 0 Å². The molecule has 0 bridgehead atoms. The maximum Gasteiger partial charge on any atom is -0.0235 e. The van der Waals surface area contributed by atoms with Gasteiger partial charge < -0.3 is 0 Å². The molecule has 33 heavy (non-hydrogen) atoms. The van der Waals surface area contributed by atoms with Crippen LogP contribution < -0.4 is 0 Å². The van der Waals surface area contributed by atoms with E-state index in [4.69, 9.17) is 0 Å². The summed E-state index contributed by atoms with van der Waals surface area (Å²) < 4.78 is 0. The van der Waals surface area contributed by atoms with Crippen LogP contribution >= 0.6 is 0 Å². The van der Waals surface area contributed by atoms with Crippen LogP contribution in [0.4, 0.5) is 0 Å². The first kappa shape index (κ1) is 27.6. The van der Waals surface area contributed by atoms with Crippen LogP contribution in [-0.4, -0.2) is 0 Å². The Morgan fingerprint density at radius 3 is 1.82 bits per heavy atom. The number of hydrogen-bond acceptors (Lipinski definition) is 0. The lowest BCUT2D eigenvalue weighted by Gasteiger charge is -2.72. The first-order chi connectivity index (χ1) is 15.3. The fourth-order valence-electron chi connectivity index (χ4n) is 11.8. The smallest absolute Gasteiger partial charge is 0.0235 e. The van der Waals surface area contributed by atoms with Crippen molar-refractivity contribution in [3.05, 3.63) is 0 Å². The molecule has 8 unspecified atom stereocenters. The zero-order valence-electron chi connectivity index (χ0n) is 25.1. The van der Waals surface area contributed by atoms with Gasteiger partial charge in [0.05, 0.1) is 0 Å². The van der Waals surface area contributed by atoms with Crippen LogP contribution in [0.15, 0.2) is 0 Å². The normalized spacial score (nSPS) is 51.3. The largest absolute Gasteiger partial charge is 0.0683 e. The Bertz CT molecular complexity index is 686. The Morgan fingerprint density at radius 2 is 1.18 bits per heavy atom. The van der Waals surface area contributed by atoms with Crippen LogP contribution in [0.2, 0.25) is 0 Å². The molecule has 5 aliphatic rings. The van der Waals surface area contributed by atoms with E-state index in [1.54, 1.807) is 0 Å². The van der Waals surface area contributed by atoms with Gasteiger partial charge in [-0.2, -0.15) is 0 Å². The Labute approximate surface area is 209 Å². The Hall–Kier alpha value is 0. The van der Waals surface area contributed by atoms with Gasteiger partial charge in [-0.25, -0.2) is 0 Å². The van der Waals surface area contributed by atoms with Crippen LogP contribution in [0.1, 0.15) is 154 Å². The second-order valence-electron chi connectivity index (χ2n) is 15.3. The van der Waals surface area contributed by atoms with Crippen molar-refractivity contribution < 1.29 is 0 Å². The molecule has 8 atom stereocenters. The van der Waals surface area contributed by atoms with Crippen LogP contribution in [-0.2, 0) is 0 Å². The molecule has 0 radical (unpaired) electrons. The van der Waals surface area contributed by atoms with Gasteiger partial charge in [-0.15, -0.1) is 0 Å². The molecule has 5 saturated carbocycles. The number of fused-ring (bicyclic) bond motifs is 7. The molecule has 0 aromatic rings. The third-order valence-electron chi connectivity index (χ3n) is 12.9. The van der Waals surface area contributed by atoms with E-state index in [9.17, 15) is 0 Å². The number of hydrogen-bond donors (Lipinski definition) is 0. The molecule has 5 fully saturated rings. The molecule has 0 saturated heterocycles. The summed E-state index contributed by atoms with van der Waals surface area (Å²) in [5.74, 6) is 3.90. The van der Waals surface area contributed by atoms with E-state index in [0.29, 0.717) is 32.5 Å². The third kappa shape index (κ3) is 3.89. The standard InChI is InChI=1S/C29H50.2C2H6/c1-24(2)18-21-20-10-11-23-27(6)14-9-13-25(3,4)22(27)12-15-29(23,8)28(20,7)17-16-26(21,5)19-24;2*1-2/h20-23H,9-19H2,1-8H3;2*1-2H3. The lowest BCUT2D eigenvalue weighted by Crippen LogP contribution is -2.64. The van der Waals surface area contributed by atoms with Crippen molar-refractivity contribution in [2.24, 2.45) is 56.2 Å². The Kier molecular flexibility index (Phi) is 7.38. The maximum absolute atomic E-state index is 2.80. The Morgan fingerprint density at radius 1 is 0.545 bits per heavy atom. The highest BCUT2D eigenvalue weighted by Gasteiger charge is 2.69.